The Kier molecular flexibility index (Phi) is 10.0. The average Bonchev–Trinajstić information content (AvgIpc) is 3.43. The minimum Gasteiger partial charge on any atom is -0.394 e. The van der Waals surface area contributed by atoms with E-state index in [1.54, 1.807) is 16.8 Å². The first-order chi connectivity index (χ1) is 15.7. The second-order valence-corrected chi connectivity index (χ2v) is 9.42. The minimum absolute atomic E-state index is 0.128. The number of hydrogen-bond acceptors (Lipinski definition) is 6. The largest absolute Gasteiger partial charge is 0.394 e. The average molecular weight is 476 g/mol. The number of carbonyl (C=O) groups is 2. The summed E-state index contributed by atoms with van der Waals surface area (Å²) in [6, 6.07) is 6.32. The highest BCUT2D eigenvalue weighted by Crippen LogP contribution is 2.29. The fourth-order valence-electron chi connectivity index (χ4n) is 3.80. The second-order valence-electron chi connectivity index (χ2n) is 8.56. The number of nitrogens with one attached hydrogen (secondary N) is 1. The highest BCUT2D eigenvalue weighted by molar-refractivity contribution is 7.13. The van der Waals surface area contributed by atoms with Crippen LogP contribution in [0.25, 0.3) is 10.4 Å². The molecule has 1 fully saturated rings. The summed E-state index contributed by atoms with van der Waals surface area (Å²) in [7, 11) is 0. The Labute approximate surface area is 200 Å². The van der Waals surface area contributed by atoms with Gasteiger partial charge in [0.1, 0.15) is 6.04 Å². The van der Waals surface area contributed by atoms with Crippen LogP contribution in [0.3, 0.4) is 0 Å². The molecule has 1 saturated heterocycles. The first-order valence-electron chi connectivity index (χ1n) is 11.6. The number of carbonyl (C=O) groups excluding carboxylic acids is 2. The van der Waals surface area contributed by atoms with Gasteiger partial charge in [-0.3, -0.25) is 9.59 Å². The first-order valence-corrected chi connectivity index (χ1v) is 12.5. The van der Waals surface area contributed by atoms with Crippen molar-refractivity contribution in [2.75, 3.05) is 13.2 Å². The molecule has 2 aromatic rings. The van der Waals surface area contributed by atoms with Gasteiger partial charge in [0.05, 0.1) is 34.8 Å². The topological polar surface area (TPSA) is 103 Å². The molecule has 33 heavy (non-hydrogen) atoms. The molecule has 4 atom stereocenters. The summed E-state index contributed by atoms with van der Waals surface area (Å²) in [4.78, 5) is 32.7. The maximum Gasteiger partial charge on any atom is 0.243 e. The summed E-state index contributed by atoms with van der Waals surface area (Å²) in [6.45, 7) is 11.6. The predicted octanol–water partition coefficient (Wildman–Crippen LogP) is 3.55. The maximum absolute atomic E-state index is 13.0. The van der Waals surface area contributed by atoms with Crippen LogP contribution in [-0.2, 0) is 9.59 Å². The summed E-state index contributed by atoms with van der Waals surface area (Å²) in [5.41, 5.74) is 4.57. The number of aliphatic hydroxyl groups is 2. The van der Waals surface area contributed by atoms with E-state index in [-0.39, 0.29) is 43.2 Å². The van der Waals surface area contributed by atoms with Crippen molar-refractivity contribution in [3.63, 3.8) is 0 Å². The molecule has 0 bridgehead atoms. The number of aryl methyl sites for hydroxylation is 1. The Morgan fingerprint density at radius 2 is 1.85 bits per heavy atom. The Hall–Kier alpha value is -2.29. The van der Waals surface area contributed by atoms with Gasteiger partial charge in [-0.1, -0.05) is 58.9 Å². The number of nitrogens with zero attached hydrogens (tertiary/aromatic N) is 2. The second kappa shape index (κ2) is 12.3. The van der Waals surface area contributed by atoms with Gasteiger partial charge in [-0.05, 0) is 24.0 Å². The third kappa shape index (κ3) is 6.40. The zero-order valence-corrected chi connectivity index (χ0v) is 21.2. The van der Waals surface area contributed by atoms with Gasteiger partial charge in [0.2, 0.25) is 11.8 Å². The summed E-state index contributed by atoms with van der Waals surface area (Å²) >= 11 is 1.57. The smallest absolute Gasteiger partial charge is 0.243 e. The number of aliphatic hydroxyl groups excluding tert-OH is 2. The van der Waals surface area contributed by atoms with Gasteiger partial charge in [-0.2, -0.15) is 0 Å². The number of aromatic nitrogens is 1. The van der Waals surface area contributed by atoms with E-state index in [1.807, 2.05) is 65.8 Å². The van der Waals surface area contributed by atoms with Crippen molar-refractivity contribution < 1.29 is 19.8 Å². The molecule has 8 heteroatoms. The van der Waals surface area contributed by atoms with Crippen LogP contribution in [0.15, 0.2) is 29.8 Å². The quantitative estimate of drug-likeness (QED) is 0.568. The van der Waals surface area contributed by atoms with E-state index in [1.165, 1.54) is 4.90 Å². The van der Waals surface area contributed by atoms with Crippen LogP contribution in [0.4, 0.5) is 0 Å². The van der Waals surface area contributed by atoms with Crippen molar-refractivity contribution in [1.82, 2.24) is 15.2 Å². The summed E-state index contributed by atoms with van der Waals surface area (Å²) in [6.07, 6.45) is -0.530. The normalized spacial score (nSPS) is 19.6. The molecule has 182 valence electrons. The van der Waals surface area contributed by atoms with Crippen molar-refractivity contribution in [3.8, 4) is 10.4 Å². The molecule has 2 heterocycles. The molecule has 0 radical (unpaired) electrons. The molecule has 1 aromatic heterocycles. The molecule has 0 aliphatic carbocycles. The van der Waals surface area contributed by atoms with E-state index in [0.29, 0.717) is 0 Å². The zero-order valence-electron chi connectivity index (χ0n) is 20.4. The number of likely N-dealkylation sites (tertiary alicyclic amines) is 1. The van der Waals surface area contributed by atoms with E-state index in [2.05, 4.69) is 10.3 Å². The van der Waals surface area contributed by atoms with Crippen molar-refractivity contribution in [3.05, 3.63) is 41.0 Å². The lowest BCUT2D eigenvalue weighted by Gasteiger charge is -2.29. The van der Waals surface area contributed by atoms with Crippen LogP contribution in [0, 0.1) is 18.8 Å². The Morgan fingerprint density at radius 1 is 1.21 bits per heavy atom. The zero-order chi connectivity index (χ0) is 24.7. The lowest BCUT2D eigenvalue weighted by Crippen LogP contribution is -2.49. The van der Waals surface area contributed by atoms with Gasteiger partial charge in [0.15, 0.2) is 0 Å². The van der Waals surface area contributed by atoms with Crippen LogP contribution in [-0.4, -0.2) is 57.2 Å². The Bertz CT molecular complexity index is 913. The van der Waals surface area contributed by atoms with Crippen molar-refractivity contribution in [2.24, 2.45) is 11.8 Å². The minimum atomic E-state index is -0.739. The van der Waals surface area contributed by atoms with Gasteiger partial charge in [0, 0.05) is 18.9 Å². The molecular weight excluding hydrogens is 438 g/mol. The van der Waals surface area contributed by atoms with E-state index < -0.39 is 18.2 Å². The lowest BCUT2D eigenvalue weighted by molar-refractivity contribution is -0.142. The molecular formula is C25H37N3O4S. The molecule has 0 saturated carbocycles. The third-order valence-corrected chi connectivity index (χ3v) is 7.05. The molecule has 1 aromatic carbocycles. The molecule has 3 N–H and O–H groups in total. The standard InChI is InChI=1S/C23H31N3O4S.C2H6/c1-13(2)14(3)23(30)26-10-18(28)9-20(26)22(29)25-19(11-27)16-5-7-17(8-6-16)21-15(4)24-12-31-21;1-2/h5-8,12-14,18-20,27-28H,9-11H2,1-4H3,(H,25,29);1-2H3. The third-order valence-electron chi connectivity index (χ3n) is 6.07. The van der Waals surface area contributed by atoms with Gasteiger partial charge in [-0.25, -0.2) is 4.98 Å². The summed E-state index contributed by atoms with van der Waals surface area (Å²) in [5.74, 6) is -0.587. The number of benzene rings is 1. The van der Waals surface area contributed by atoms with Crippen molar-refractivity contribution >= 4 is 23.2 Å². The number of β-amino-alcohol motifs (C(OH)–C–C–N with tert-alkyl or cyclic N) is 1. The van der Waals surface area contributed by atoms with E-state index in [0.717, 1.165) is 21.7 Å². The molecule has 2 amide bonds. The number of rotatable bonds is 7. The highest BCUT2D eigenvalue weighted by atomic mass is 32.1. The number of amides is 2. The summed E-state index contributed by atoms with van der Waals surface area (Å²) in [5, 5.41) is 22.9. The Morgan fingerprint density at radius 3 is 2.36 bits per heavy atom. The molecule has 3 rings (SSSR count). The molecule has 7 nitrogen and oxygen atoms in total. The SMILES string of the molecule is CC.Cc1ncsc1-c1ccc(C(CO)NC(=O)C2CC(O)CN2C(=O)C(C)C(C)C)cc1. The van der Waals surface area contributed by atoms with Crippen molar-refractivity contribution in [2.45, 2.75) is 66.2 Å². The Balaban J connectivity index is 0.00000187. The molecule has 0 spiro atoms. The van der Waals surface area contributed by atoms with Crippen LogP contribution >= 0.6 is 11.3 Å². The van der Waals surface area contributed by atoms with E-state index in [4.69, 9.17) is 0 Å². The van der Waals surface area contributed by atoms with Gasteiger partial charge in [0.25, 0.3) is 0 Å². The van der Waals surface area contributed by atoms with Gasteiger partial charge in [-0.15, -0.1) is 11.3 Å². The first kappa shape index (κ1) is 27.0. The highest BCUT2D eigenvalue weighted by Gasteiger charge is 2.41. The van der Waals surface area contributed by atoms with Crippen LogP contribution in [0.2, 0.25) is 0 Å². The number of hydrogen-bond donors (Lipinski definition) is 3. The van der Waals surface area contributed by atoms with Crippen LogP contribution < -0.4 is 5.32 Å². The fraction of sp³-hybridized carbons (Fsp3) is 0.560. The lowest BCUT2D eigenvalue weighted by atomic mass is 9.96. The molecule has 1 aliphatic rings. The maximum atomic E-state index is 13.0. The van der Waals surface area contributed by atoms with E-state index >= 15 is 0 Å². The molecule has 4 unspecified atom stereocenters. The van der Waals surface area contributed by atoms with Crippen LogP contribution in [0.1, 0.15) is 58.3 Å². The monoisotopic (exact) mass is 475 g/mol. The summed E-state index contributed by atoms with van der Waals surface area (Å²) < 4.78 is 0. The fourth-order valence-corrected chi connectivity index (χ4v) is 4.61. The predicted molar refractivity (Wildman–Crippen MR) is 132 cm³/mol. The number of thiazole rings is 1. The van der Waals surface area contributed by atoms with Gasteiger partial charge >= 0.3 is 0 Å². The van der Waals surface area contributed by atoms with E-state index in [9.17, 15) is 19.8 Å². The molecule has 1 aliphatic heterocycles. The van der Waals surface area contributed by atoms with Crippen LogP contribution in [0.5, 0.6) is 0 Å². The van der Waals surface area contributed by atoms with Crippen molar-refractivity contribution in [1.29, 1.82) is 0 Å². The van der Waals surface area contributed by atoms with Gasteiger partial charge < -0.3 is 20.4 Å².